The Morgan fingerprint density at radius 1 is 1.07 bits per heavy atom. The summed E-state index contributed by atoms with van der Waals surface area (Å²) in [6.45, 7) is 5.32. The maximum atomic E-state index is 12.8. The van der Waals surface area contributed by atoms with Crippen molar-refractivity contribution >= 4 is 10.0 Å². The first-order valence-corrected chi connectivity index (χ1v) is 11.3. The van der Waals surface area contributed by atoms with Crippen LogP contribution in [0, 0.1) is 5.92 Å². The van der Waals surface area contributed by atoms with Crippen LogP contribution in [0.1, 0.15) is 30.4 Å². The summed E-state index contributed by atoms with van der Waals surface area (Å²) >= 11 is 0. The third-order valence-electron chi connectivity index (χ3n) is 5.53. The number of morpholine rings is 1. The van der Waals surface area contributed by atoms with E-state index < -0.39 is 27.5 Å². The van der Waals surface area contributed by atoms with Crippen LogP contribution in [0.4, 0.5) is 13.2 Å². The second kappa shape index (κ2) is 9.11. The monoisotopic (exact) mass is 420 g/mol. The van der Waals surface area contributed by atoms with Crippen LogP contribution in [0.25, 0.3) is 0 Å². The van der Waals surface area contributed by atoms with Crippen LogP contribution in [-0.4, -0.2) is 63.6 Å². The molecule has 0 atom stereocenters. The zero-order valence-corrected chi connectivity index (χ0v) is 16.6. The van der Waals surface area contributed by atoms with Crippen LogP contribution in [0.15, 0.2) is 24.3 Å². The van der Waals surface area contributed by atoms with Crippen LogP contribution < -0.4 is 0 Å². The van der Waals surface area contributed by atoms with Gasteiger partial charge in [-0.25, -0.2) is 12.7 Å². The summed E-state index contributed by atoms with van der Waals surface area (Å²) in [5, 5.41) is 0. The van der Waals surface area contributed by atoms with Crippen molar-refractivity contribution < 1.29 is 26.3 Å². The standard InChI is InChI=1S/C19H27F3N2O3S/c20-19(21,22)18-3-1-2-17(14-18)15-28(25,26)24-8-5-16(6-9-24)4-7-23-10-12-27-13-11-23/h1-3,14,16H,4-13,15H2. The van der Waals surface area contributed by atoms with Crippen molar-refractivity contribution in [3.8, 4) is 0 Å². The lowest BCUT2D eigenvalue weighted by molar-refractivity contribution is -0.137. The minimum atomic E-state index is -4.47. The van der Waals surface area contributed by atoms with Gasteiger partial charge in [0.15, 0.2) is 0 Å². The van der Waals surface area contributed by atoms with Gasteiger partial charge in [0, 0.05) is 26.2 Å². The fourth-order valence-corrected chi connectivity index (χ4v) is 5.36. The van der Waals surface area contributed by atoms with Crippen molar-refractivity contribution in [3.05, 3.63) is 35.4 Å². The number of alkyl halides is 3. The van der Waals surface area contributed by atoms with Crippen molar-refractivity contribution in [2.24, 2.45) is 5.92 Å². The van der Waals surface area contributed by atoms with Gasteiger partial charge in [0.05, 0.1) is 24.5 Å². The van der Waals surface area contributed by atoms with Crippen molar-refractivity contribution in [1.82, 2.24) is 9.21 Å². The number of hydrogen-bond donors (Lipinski definition) is 0. The molecule has 0 bridgehead atoms. The zero-order chi connectivity index (χ0) is 20.2. The van der Waals surface area contributed by atoms with Gasteiger partial charge in [-0.05, 0) is 43.4 Å². The molecule has 2 heterocycles. The number of rotatable bonds is 6. The smallest absolute Gasteiger partial charge is 0.379 e. The van der Waals surface area contributed by atoms with E-state index >= 15 is 0 Å². The zero-order valence-electron chi connectivity index (χ0n) is 15.8. The minimum absolute atomic E-state index is 0.171. The highest BCUT2D eigenvalue weighted by molar-refractivity contribution is 7.88. The lowest BCUT2D eigenvalue weighted by Gasteiger charge is -2.33. The number of halogens is 3. The summed E-state index contributed by atoms with van der Waals surface area (Å²) in [6, 6.07) is 4.57. The van der Waals surface area contributed by atoms with Gasteiger partial charge in [-0.15, -0.1) is 0 Å². The van der Waals surface area contributed by atoms with Gasteiger partial charge >= 0.3 is 6.18 Å². The molecular weight excluding hydrogens is 393 g/mol. The first-order chi connectivity index (χ1) is 13.2. The van der Waals surface area contributed by atoms with Crippen molar-refractivity contribution in [2.75, 3.05) is 45.9 Å². The fraction of sp³-hybridized carbons (Fsp3) is 0.684. The Morgan fingerprint density at radius 3 is 2.39 bits per heavy atom. The molecule has 0 spiro atoms. The SMILES string of the molecule is O=S(=O)(Cc1cccc(C(F)(F)F)c1)N1CCC(CCN2CCOCC2)CC1. The second-order valence-electron chi connectivity index (χ2n) is 7.54. The van der Waals surface area contributed by atoms with Gasteiger partial charge in [-0.1, -0.05) is 18.2 Å². The topological polar surface area (TPSA) is 49.9 Å². The molecule has 9 heteroatoms. The van der Waals surface area contributed by atoms with Crippen LogP contribution in [0.2, 0.25) is 0 Å². The molecule has 1 aromatic carbocycles. The number of hydrogen-bond acceptors (Lipinski definition) is 4. The maximum Gasteiger partial charge on any atom is 0.416 e. The molecule has 0 aromatic heterocycles. The van der Waals surface area contributed by atoms with E-state index in [0.29, 0.717) is 19.0 Å². The van der Waals surface area contributed by atoms with E-state index in [2.05, 4.69) is 4.90 Å². The van der Waals surface area contributed by atoms with Crippen LogP contribution in [-0.2, 0) is 26.7 Å². The average Bonchev–Trinajstić information content (AvgIpc) is 2.67. The van der Waals surface area contributed by atoms with Gasteiger partial charge in [-0.3, -0.25) is 4.90 Å². The van der Waals surface area contributed by atoms with E-state index in [1.165, 1.54) is 16.4 Å². The second-order valence-corrected chi connectivity index (χ2v) is 9.51. The lowest BCUT2D eigenvalue weighted by Crippen LogP contribution is -2.41. The van der Waals surface area contributed by atoms with Crippen molar-refractivity contribution in [2.45, 2.75) is 31.2 Å². The predicted molar refractivity (Wildman–Crippen MR) is 100 cm³/mol. The molecular formula is C19H27F3N2O3S. The molecule has 158 valence electrons. The lowest BCUT2D eigenvalue weighted by atomic mass is 9.94. The third-order valence-corrected chi connectivity index (χ3v) is 7.38. The number of piperidine rings is 1. The highest BCUT2D eigenvalue weighted by Gasteiger charge is 2.32. The number of nitrogens with zero attached hydrogens (tertiary/aromatic N) is 2. The molecule has 1 aromatic rings. The molecule has 2 aliphatic rings. The van der Waals surface area contributed by atoms with Gasteiger partial charge in [0.25, 0.3) is 0 Å². The molecule has 2 saturated heterocycles. The van der Waals surface area contributed by atoms with Gasteiger partial charge < -0.3 is 4.74 Å². The van der Waals surface area contributed by atoms with E-state index in [1.807, 2.05) is 0 Å². The third kappa shape index (κ3) is 5.92. The molecule has 2 fully saturated rings. The molecule has 0 N–H and O–H groups in total. The van der Waals surface area contributed by atoms with Crippen LogP contribution >= 0.6 is 0 Å². The molecule has 28 heavy (non-hydrogen) atoms. The summed E-state index contributed by atoms with van der Waals surface area (Å²) in [5.41, 5.74) is -0.647. The Hall–Kier alpha value is -1.16. The van der Waals surface area contributed by atoms with Crippen LogP contribution in [0.3, 0.4) is 0 Å². The molecule has 2 aliphatic heterocycles. The largest absolute Gasteiger partial charge is 0.416 e. The van der Waals surface area contributed by atoms with E-state index in [4.69, 9.17) is 4.74 Å². The normalized spacial score (nSPS) is 21.1. The molecule has 0 aliphatic carbocycles. The van der Waals surface area contributed by atoms with Crippen molar-refractivity contribution in [3.63, 3.8) is 0 Å². The predicted octanol–water partition coefficient (Wildman–Crippen LogP) is 2.97. The Bertz CT molecular complexity index is 741. The van der Waals surface area contributed by atoms with E-state index in [1.54, 1.807) is 0 Å². The molecule has 5 nitrogen and oxygen atoms in total. The molecule has 0 unspecified atom stereocenters. The maximum absolute atomic E-state index is 12.8. The molecule has 0 radical (unpaired) electrons. The highest BCUT2D eigenvalue weighted by Crippen LogP contribution is 2.30. The highest BCUT2D eigenvalue weighted by atomic mass is 32.2. The average molecular weight is 420 g/mol. The minimum Gasteiger partial charge on any atom is -0.379 e. The van der Waals surface area contributed by atoms with Crippen molar-refractivity contribution in [1.29, 1.82) is 0 Å². The first kappa shape index (κ1) is 21.5. The number of sulfonamides is 1. The van der Waals surface area contributed by atoms with Gasteiger partial charge in [-0.2, -0.15) is 13.2 Å². The molecule has 0 saturated carbocycles. The summed E-state index contributed by atoms with van der Waals surface area (Å²) in [7, 11) is -3.62. The number of ether oxygens (including phenoxy) is 1. The molecule has 0 amide bonds. The summed E-state index contributed by atoms with van der Waals surface area (Å²) < 4.78 is 70.6. The van der Waals surface area contributed by atoms with E-state index in [0.717, 1.165) is 64.2 Å². The summed E-state index contributed by atoms with van der Waals surface area (Å²) in [5.74, 6) is 0.0953. The fourth-order valence-electron chi connectivity index (χ4n) is 3.81. The Morgan fingerprint density at radius 2 is 1.75 bits per heavy atom. The van der Waals surface area contributed by atoms with Gasteiger partial charge in [0.2, 0.25) is 10.0 Å². The Kier molecular flexibility index (Phi) is 7.01. The van der Waals surface area contributed by atoms with E-state index in [9.17, 15) is 21.6 Å². The first-order valence-electron chi connectivity index (χ1n) is 9.68. The van der Waals surface area contributed by atoms with Gasteiger partial charge in [0.1, 0.15) is 0 Å². The Balaban J connectivity index is 1.50. The molecule has 3 rings (SSSR count). The van der Waals surface area contributed by atoms with Crippen LogP contribution in [0.5, 0.6) is 0 Å². The quantitative estimate of drug-likeness (QED) is 0.710. The number of benzene rings is 1. The Labute approximate surface area is 164 Å². The summed E-state index contributed by atoms with van der Waals surface area (Å²) in [6.07, 6.45) is -1.83. The summed E-state index contributed by atoms with van der Waals surface area (Å²) in [4.78, 5) is 2.38. The van der Waals surface area contributed by atoms with E-state index in [-0.39, 0.29) is 5.56 Å².